The number of para-hydroxylation sites is 1. The SMILES string of the molecule is COc1ccc(C(=O)NCc2nnc(SCC(=O)Nc3nc4ccccc4s3)n2-c2cc(C)ccc2C)cc1. The summed E-state index contributed by atoms with van der Waals surface area (Å²) in [6, 6.07) is 20.7. The smallest absolute Gasteiger partial charge is 0.251 e. The quantitative estimate of drug-likeness (QED) is 0.240. The number of carbonyl (C=O) groups is 2. The van der Waals surface area contributed by atoms with Gasteiger partial charge in [0, 0.05) is 5.56 Å². The lowest BCUT2D eigenvalue weighted by atomic mass is 10.1. The van der Waals surface area contributed by atoms with Gasteiger partial charge in [-0.2, -0.15) is 0 Å². The highest BCUT2D eigenvalue weighted by molar-refractivity contribution is 7.99. The van der Waals surface area contributed by atoms with Crippen molar-refractivity contribution in [3.05, 3.63) is 89.2 Å². The molecule has 11 heteroatoms. The number of fused-ring (bicyclic) bond motifs is 1. The molecule has 39 heavy (non-hydrogen) atoms. The van der Waals surface area contributed by atoms with E-state index in [9.17, 15) is 9.59 Å². The number of nitrogens with one attached hydrogen (secondary N) is 2. The van der Waals surface area contributed by atoms with E-state index >= 15 is 0 Å². The molecular formula is C28H26N6O3S2. The lowest BCUT2D eigenvalue weighted by Crippen LogP contribution is -2.24. The van der Waals surface area contributed by atoms with Crippen LogP contribution in [0.1, 0.15) is 27.3 Å². The number of aryl methyl sites for hydroxylation is 2. The van der Waals surface area contributed by atoms with Gasteiger partial charge in [-0.3, -0.25) is 14.2 Å². The molecule has 0 saturated heterocycles. The maximum atomic E-state index is 12.8. The second kappa shape index (κ2) is 11.7. The Kier molecular flexibility index (Phi) is 7.89. The Labute approximate surface area is 233 Å². The monoisotopic (exact) mass is 558 g/mol. The Morgan fingerprint density at radius 2 is 1.82 bits per heavy atom. The van der Waals surface area contributed by atoms with Crippen LogP contribution in [0.5, 0.6) is 5.75 Å². The fraction of sp³-hybridized carbons (Fsp3) is 0.179. The number of hydrogen-bond donors (Lipinski definition) is 2. The van der Waals surface area contributed by atoms with Gasteiger partial charge in [-0.15, -0.1) is 10.2 Å². The summed E-state index contributed by atoms with van der Waals surface area (Å²) in [5.74, 6) is 0.924. The van der Waals surface area contributed by atoms with Crippen molar-refractivity contribution < 1.29 is 14.3 Å². The highest BCUT2D eigenvalue weighted by atomic mass is 32.2. The Bertz CT molecular complexity index is 1610. The second-order valence-corrected chi connectivity index (χ2v) is 10.7. The number of thiazole rings is 1. The van der Waals surface area contributed by atoms with Crippen LogP contribution >= 0.6 is 23.1 Å². The van der Waals surface area contributed by atoms with Crippen molar-refractivity contribution in [1.29, 1.82) is 0 Å². The first kappa shape index (κ1) is 26.4. The first-order chi connectivity index (χ1) is 18.9. The van der Waals surface area contributed by atoms with Crippen molar-refractivity contribution in [3.63, 3.8) is 0 Å². The third kappa shape index (κ3) is 6.10. The lowest BCUT2D eigenvalue weighted by Gasteiger charge is -2.14. The molecule has 0 atom stereocenters. The molecule has 0 aliphatic heterocycles. The molecular weight excluding hydrogens is 532 g/mol. The largest absolute Gasteiger partial charge is 0.497 e. The van der Waals surface area contributed by atoms with Crippen molar-refractivity contribution in [2.45, 2.75) is 25.5 Å². The van der Waals surface area contributed by atoms with E-state index < -0.39 is 0 Å². The number of carbonyl (C=O) groups excluding carboxylic acids is 2. The van der Waals surface area contributed by atoms with Crippen molar-refractivity contribution in [2.24, 2.45) is 0 Å². The molecule has 2 amide bonds. The van der Waals surface area contributed by atoms with Crippen LogP contribution in [0.2, 0.25) is 0 Å². The molecule has 0 unspecified atom stereocenters. The summed E-state index contributed by atoms with van der Waals surface area (Å²) in [7, 11) is 1.58. The van der Waals surface area contributed by atoms with Gasteiger partial charge in [-0.05, 0) is 67.4 Å². The molecule has 2 N–H and O–H groups in total. The molecule has 0 saturated carbocycles. The maximum Gasteiger partial charge on any atom is 0.251 e. The third-order valence-electron chi connectivity index (χ3n) is 5.94. The van der Waals surface area contributed by atoms with Gasteiger partial charge >= 0.3 is 0 Å². The number of anilines is 1. The van der Waals surface area contributed by atoms with Crippen molar-refractivity contribution in [2.75, 3.05) is 18.2 Å². The number of benzene rings is 3. The Balaban J connectivity index is 1.33. The van der Waals surface area contributed by atoms with E-state index in [-0.39, 0.29) is 24.1 Å². The molecule has 5 aromatic rings. The molecule has 3 aromatic carbocycles. The summed E-state index contributed by atoms with van der Waals surface area (Å²) in [5, 5.41) is 15.6. The van der Waals surface area contributed by atoms with Gasteiger partial charge in [0.25, 0.3) is 5.91 Å². The average molecular weight is 559 g/mol. The number of aromatic nitrogens is 4. The number of hydrogen-bond acceptors (Lipinski definition) is 8. The highest BCUT2D eigenvalue weighted by Gasteiger charge is 2.19. The van der Waals surface area contributed by atoms with Crippen molar-refractivity contribution in [1.82, 2.24) is 25.1 Å². The van der Waals surface area contributed by atoms with Gasteiger partial charge < -0.3 is 15.4 Å². The van der Waals surface area contributed by atoms with Crippen LogP contribution in [-0.4, -0.2) is 44.4 Å². The van der Waals surface area contributed by atoms with Gasteiger partial charge in [0.05, 0.1) is 35.3 Å². The van der Waals surface area contributed by atoms with Crippen LogP contribution in [0.15, 0.2) is 71.9 Å². The fourth-order valence-electron chi connectivity index (χ4n) is 3.93. The lowest BCUT2D eigenvalue weighted by molar-refractivity contribution is -0.113. The van der Waals surface area contributed by atoms with Crippen molar-refractivity contribution in [3.8, 4) is 11.4 Å². The van der Waals surface area contributed by atoms with Gasteiger partial charge in [0.1, 0.15) is 5.75 Å². The van der Waals surface area contributed by atoms with E-state index in [0.29, 0.717) is 27.4 Å². The summed E-state index contributed by atoms with van der Waals surface area (Å²) in [4.78, 5) is 30.0. The number of ether oxygens (including phenoxy) is 1. The number of rotatable bonds is 9. The minimum Gasteiger partial charge on any atom is -0.497 e. The minimum absolute atomic E-state index is 0.122. The van der Waals surface area contributed by atoms with Crippen LogP contribution < -0.4 is 15.4 Å². The summed E-state index contributed by atoms with van der Waals surface area (Å²) < 4.78 is 8.07. The molecule has 9 nitrogen and oxygen atoms in total. The zero-order valence-electron chi connectivity index (χ0n) is 21.6. The zero-order valence-corrected chi connectivity index (χ0v) is 23.2. The predicted octanol–water partition coefficient (Wildman–Crippen LogP) is 5.16. The van der Waals surface area contributed by atoms with E-state index in [1.165, 1.54) is 23.1 Å². The van der Waals surface area contributed by atoms with E-state index in [1.807, 2.05) is 60.9 Å². The zero-order chi connectivity index (χ0) is 27.4. The van der Waals surface area contributed by atoms with Gasteiger partial charge in [0.2, 0.25) is 5.91 Å². The third-order valence-corrected chi connectivity index (χ3v) is 7.82. The number of methoxy groups -OCH3 is 1. The molecule has 2 aromatic heterocycles. The number of thioether (sulfide) groups is 1. The predicted molar refractivity (Wildman–Crippen MR) is 154 cm³/mol. The van der Waals surface area contributed by atoms with Crippen LogP contribution in [0, 0.1) is 13.8 Å². The first-order valence-corrected chi connectivity index (χ1v) is 13.9. The van der Waals surface area contributed by atoms with E-state index in [1.54, 1.807) is 31.4 Å². The van der Waals surface area contributed by atoms with E-state index in [2.05, 4.69) is 25.8 Å². The van der Waals surface area contributed by atoms with E-state index in [4.69, 9.17) is 4.74 Å². The van der Waals surface area contributed by atoms with Crippen LogP contribution in [-0.2, 0) is 11.3 Å². The fourth-order valence-corrected chi connectivity index (χ4v) is 5.57. The van der Waals surface area contributed by atoms with Gasteiger partial charge in [-0.25, -0.2) is 4.98 Å². The molecule has 0 aliphatic rings. The average Bonchev–Trinajstić information content (AvgIpc) is 3.55. The molecule has 2 heterocycles. The van der Waals surface area contributed by atoms with Crippen molar-refractivity contribution >= 4 is 50.3 Å². The molecule has 0 bridgehead atoms. The summed E-state index contributed by atoms with van der Waals surface area (Å²) in [6.07, 6.45) is 0. The molecule has 0 aliphatic carbocycles. The molecule has 5 rings (SSSR count). The second-order valence-electron chi connectivity index (χ2n) is 8.76. The Morgan fingerprint density at radius 1 is 1.03 bits per heavy atom. The first-order valence-electron chi connectivity index (χ1n) is 12.1. The highest BCUT2D eigenvalue weighted by Crippen LogP contribution is 2.28. The summed E-state index contributed by atoms with van der Waals surface area (Å²) in [5.41, 5.74) is 4.34. The number of nitrogens with zero attached hydrogens (tertiary/aromatic N) is 4. The van der Waals surface area contributed by atoms with Crippen LogP contribution in [0.3, 0.4) is 0 Å². The topological polar surface area (TPSA) is 111 Å². The van der Waals surface area contributed by atoms with Gasteiger partial charge in [0.15, 0.2) is 16.1 Å². The molecule has 198 valence electrons. The summed E-state index contributed by atoms with van der Waals surface area (Å²) >= 11 is 2.71. The molecule has 0 radical (unpaired) electrons. The molecule has 0 fully saturated rings. The normalized spacial score (nSPS) is 10.9. The minimum atomic E-state index is -0.238. The standard InChI is InChI=1S/C28H26N6O3S2/c1-17-8-9-18(2)22(14-17)34-24(15-29-26(36)19-10-12-20(37-3)13-11-19)32-33-28(34)38-16-25(35)31-27-30-21-6-4-5-7-23(21)39-27/h4-14H,15-16H2,1-3H3,(H,29,36)(H,30,31,35). The number of amides is 2. The Morgan fingerprint density at radius 3 is 2.59 bits per heavy atom. The maximum absolute atomic E-state index is 12.8. The van der Waals surface area contributed by atoms with E-state index in [0.717, 1.165) is 27.0 Å². The molecule has 0 spiro atoms. The van der Waals surface area contributed by atoms with Crippen LogP contribution in [0.4, 0.5) is 5.13 Å². The Hall–Kier alpha value is -4.22. The van der Waals surface area contributed by atoms with Gasteiger partial charge in [-0.1, -0.05) is 47.4 Å². The summed E-state index contributed by atoms with van der Waals surface area (Å²) in [6.45, 7) is 4.17. The van der Waals surface area contributed by atoms with Crippen LogP contribution in [0.25, 0.3) is 15.9 Å².